The summed E-state index contributed by atoms with van der Waals surface area (Å²) in [6, 6.07) is 0. The minimum Gasteiger partial charge on any atom is -0.300 e. The third-order valence-corrected chi connectivity index (χ3v) is 2.91. The first kappa shape index (κ1) is 18.6. The third-order valence-electron chi connectivity index (χ3n) is 2.91. The van der Waals surface area contributed by atoms with Crippen molar-refractivity contribution in [3.8, 4) is 0 Å². The normalized spacial score (nSPS) is 11.8. The summed E-state index contributed by atoms with van der Waals surface area (Å²) < 4.78 is 0. The van der Waals surface area contributed by atoms with Gasteiger partial charge in [0.25, 0.3) is 0 Å². The minimum absolute atomic E-state index is 0.175. The van der Waals surface area contributed by atoms with Crippen molar-refractivity contribution in [1.82, 2.24) is 0 Å². The lowest BCUT2D eigenvalue weighted by Gasteiger charge is -1.96. The van der Waals surface area contributed by atoms with Gasteiger partial charge in [0.1, 0.15) is 5.78 Å². The van der Waals surface area contributed by atoms with Crippen LogP contribution in [0.1, 0.15) is 64.7 Å². The summed E-state index contributed by atoms with van der Waals surface area (Å²) in [4.78, 5) is 21.3. The van der Waals surface area contributed by atoms with Crippen molar-refractivity contribution >= 4 is 12.1 Å². The maximum atomic E-state index is 11.3. The van der Waals surface area contributed by atoms with Crippen LogP contribution in [0.2, 0.25) is 0 Å². The number of ketones is 1. The van der Waals surface area contributed by atoms with Crippen molar-refractivity contribution < 1.29 is 9.59 Å². The van der Waals surface area contributed by atoms with Crippen molar-refractivity contribution in [3.63, 3.8) is 0 Å². The molecule has 0 aliphatic rings. The molecule has 0 aliphatic carbocycles. The van der Waals surface area contributed by atoms with E-state index in [1.165, 1.54) is 12.8 Å². The van der Waals surface area contributed by atoms with E-state index in [-0.39, 0.29) is 12.2 Å². The average molecular weight is 275 g/mol. The fraction of sp³-hybridized carbons (Fsp3) is 0.556. The van der Waals surface area contributed by atoms with Crippen molar-refractivity contribution in [2.75, 3.05) is 0 Å². The Bertz CT molecular complexity index is 324. The van der Waals surface area contributed by atoms with Gasteiger partial charge in [0.15, 0.2) is 6.29 Å². The van der Waals surface area contributed by atoms with Crippen LogP contribution >= 0.6 is 0 Å². The van der Waals surface area contributed by atoms with E-state index >= 15 is 0 Å². The molecule has 0 spiro atoms. The van der Waals surface area contributed by atoms with Crippen molar-refractivity contribution in [2.24, 2.45) is 0 Å². The summed E-state index contributed by atoms with van der Waals surface area (Å²) in [5.41, 5.74) is 0. The maximum Gasteiger partial charge on any atom is 0.198 e. The molecule has 0 aliphatic heterocycles. The van der Waals surface area contributed by atoms with E-state index in [0.29, 0.717) is 12.8 Å². The number of rotatable bonds is 13. The molecule has 20 heavy (non-hydrogen) atoms. The summed E-state index contributed by atoms with van der Waals surface area (Å²) in [7, 11) is 0. The number of carbonyl (C=O) groups is 1. The lowest BCUT2D eigenvalue weighted by molar-refractivity contribution is -0.119. The lowest BCUT2D eigenvalue weighted by Crippen LogP contribution is -1.97. The highest BCUT2D eigenvalue weighted by molar-refractivity contribution is 5.80. The Balaban J connectivity index is 3.43. The summed E-state index contributed by atoms with van der Waals surface area (Å²) in [5.74, 6) is 0.175. The fourth-order valence-electron chi connectivity index (χ4n) is 1.70. The molecular weight excluding hydrogens is 248 g/mol. The molecule has 0 saturated carbocycles. The van der Waals surface area contributed by atoms with Gasteiger partial charge in [0.05, 0.1) is 0 Å². The highest BCUT2D eigenvalue weighted by Crippen LogP contribution is 2.04. The lowest BCUT2D eigenvalue weighted by atomic mass is 10.1. The Labute approximate surface area is 123 Å². The van der Waals surface area contributed by atoms with E-state index in [0.717, 1.165) is 25.7 Å². The SMILES string of the molecule is CCCCC=CC=CC=CCCCCC(=O)CC[C]=O. The van der Waals surface area contributed by atoms with Crippen LogP contribution < -0.4 is 0 Å². The largest absolute Gasteiger partial charge is 0.300 e. The van der Waals surface area contributed by atoms with Gasteiger partial charge in [-0.05, 0) is 25.7 Å². The molecule has 0 unspecified atom stereocenters. The van der Waals surface area contributed by atoms with Gasteiger partial charge in [-0.15, -0.1) is 0 Å². The van der Waals surface area contributed by atoms with Gasteiger partial charge in [0.2, 0.25) is 0 Å². The van der Waals surface area contributed by atoms with Gasteiger partial charge >= 0.3 is 0 Å². The van der Waals surface area contributed by atoms with Crippen LogP contribution in [0.4, 0.5) is 0 Å². The summed E-state index contributed by atoms with van der Waals surface area (Å²) in [6.45, 7) is 2.20. The van der Waals surface area contributed by atoms with E-state index in [9.17, 15) is 9.59 Å². The second-order valence-electron chi connectivity index (χ2n) is 4.81. The zero-order valence-electron chi connectivity index (χ0n) is 12.6. The average Bonchev–Trinajstić information content (AvgIpc) is 2.46. The maximum absolute atomic E-state index is 11.3. The van der Waals surface area contributed by atoms with Crippen LogP contribution in [-0.4, -0.2) is 12.1 Å². The van der Waals surface area contributed by atoms with Crippen LogP contribution in [0, 0.1) is 0 Å². The number of hydrogen-bond donors (Lipinski definition) is 0. The molecule has 0 bridgehead atoms. The molecule has 2 nitrogen and oxygen atoms in total. The van der Waals surface area contributed by atoms with Crippen LogP contribution in [-0.2, 0) is 9.59 Å². The molecule has 0 fully saturated rings. The quantitative estimate of drug-likeness (QED) is 0.355. The fourth-order valence-corrected chi connectivity index (χ4v) is 1.70. The second-order valence-corrected chi connectivity index (χ2v) is 4.81. The molecule has 0 rings (SSSR count). The van der Waals surface area contributed by atoms with Gasteiger partial charge < -0.3 is 0 Å². The molecular formula is C18H27O2. The van der Waals surface area contributed by atoms with Crippen molar-refractivity contribution in [1.29, 1.82) is 0 Å². The Hall–Kier alpha value is -1.44. The summed E-state index contributed by atoms with van der Waals surface area (Å²) in [5, 5.41) is 0. The number of unbranched alkanes of at least 4 members (excludes halogenated alkanes) is 4. The Morgan fingerprint density at radius 2 is 1.55 bits per heavy atom. The Morgan fingerprint density at radius 1 is 0.900 bits per heavy atom. The van der Waals surface area contributed by atoms with Crippen molar-refractivity contribution in [2.45, 2.75) is 64.7 Å². The smallest absolute Gasteiger partial charge is 0.198 e. The molecule has 0 heterocycles. The van der Waals surface area contributed by atoms with Gasteiger partial charge in [-0.3, -0.25) is 9.59 Å². The highest BCUT2D eigenvalue weighted by atomic mass is 16.1. The number of hydrogen-bond acceptors (Lipinski definition) is 2. The number of Topliss-reactive ketones (excluding diaryl/α,β-unsaturated/α-hetero) is 1. The molecule has 2 heteroatoms. The van der Waals surface area contributed by atoms with E-state index < -0.39 is 0 Å². The first-order valence-corrected chi connectivity index (χ1v) is 7.66. The van der Waals surface area contributed by atoms with Crippen molar-refractivity contribution in [3.05, 3.63) is 36.5 Å². The zero-order valence-corrected chi connectivity index (χ0v) is 12.6. The van der Waals surface area contributed by atoms with Gasteiger partial charge in [0, 0.05) is 19.3 Å². The Morgan fingerprint density at radius 3 is 2.15 bits per heavy atom. The second kappa shape index (κ2) is 15.6. The number of carbonyl (C=O) groups excluding carboxylic acids is 2. The van der Waals surface area contributed by atoms with E-state index in [1.54, 1.807) is 6.29 Å². The minimum atomic E-state index is 0.175. The van der Waals surface area contributed by atoms with Crippen LogP contribution in [0.5, 0.6) is 0 Å². The molecule has 0 atom stereocenters. The third kappa shape index (κ3) is 14.6. The standard InChI is InChI=1S/C18H27O2/c1-2-3-4-5-6-7-8-9-10-11-12-13-15-18(20)16-14-17-19/h5-10H,2-4,11-16H2,1H3. The molecule has 0 aromatic rings. The molecule has 1 radical (unpaired) electrons. The molecule has 0 aromatic carbocycles. The molecule has 0 amide bonds. The summed E-state index contributed by atoms with van der Waals surface area (Å²) in [6.07, 6.45) is 22.0. The molecule has 111 valence electrons. The zero-order chi connectivity index (χ0) is 14.9. The van der Waals surface area contributed by atoms with Crippen LogP contribution in [0.3, 0.4) is 0 Å². The van der Waals surface area contributed by atoms with E-state index in [4.69, 9.17) is 0 Å². The molecule has 0 aromatic heterocycles. The van der Waals surface area contributed by atoms with E-state index in [1.807, 2.05) is 18.2 Å². The predicted molar refractivity (Wildman–Crippen MR) is 85.3 cm³/mol. The van der Waals surface area contributed by atoms with Gasteiger partial charge in [-0.25, -0.2) is 0 Å². The molecule has 0 N–H and O–H groups in total. The van der Waals surface area contributed by atoms with E-state index in [2.05, 4.69) is 25.2 Å². The monoisotopic (exact) mass is 275 g/mol. The first-order valence-electron chi connectivity index (χ1n) is 7.66. The first-order chi connectivity index (χ1) is 9.81. The topological polar surface area (TPSA) is 34.1 Å². The van der Waals surface area contributed by atoms with Crippen LogP contribution in [0.25, 0.3) is 0 Å². The summed E-state index contributed by atoms with van der Waals surface area (Å²) >= 11 is 0. The highest BCUT2D eigenvalue weighted by Gasteiger charge is 2.00. The van der Waals surface area contributed by atoms with Crippen LogP contribution in [0.15, 0.2) is 36.5 Å². The Kier molecular flexibility index (Phi) is 14.5. The predicted octanol–water partition coefficient (Wildman–Crippen LogP) is 4.86. The number of allylic oxidation sites excluding steroid dienone is 6. The van der Waals surface area contributed by atoms with Gasteiger partial charge in [-0.2, -0.15) is 0 Å². The van der Waals surface area contributed by atoms with Gasteiger partial charge in [-0.1, -0.05) is 56.2 Å². The molecule has 0 saturated heterocycles.